The molecule has 5 heteroatoms. The molecule has 1 N–H and O–H groups in total. The Hall–Kier alpha value is -1.88. The van der Waals surface area contributed by atoms with E-state index in [9.17, 15) is 9.59 Å². The molecule has 1 aliphatic heterocycles. The van der Waals surface area contributed by atoms with Crippen molar-refractivity contribution in [3.05, 3.63) is 35.4 Å². The third-order valence-electron chi connectivity index (χ3n) is 5.67. The maximum atomic E-state index is 12.4. The number of benzene rings is 1. The highest BCUT2D eigenvalue weighted by molar-refractivity contribution is 5.79. The monoisotopic (exact) mass is 401 g/mol. The molecule has 0 aromatic heterocycles. The smallest absolute Gasteiger partial charge is 0.222 e. The topological polar surface area (TPSA) is 52.7 Å². The van der Waals surface area contributed by atoms with E-state index < -0.39 is 0 Å². The number of hydrogen-bond donors (Lipinski definition) is 1. The number of carbonyl (C=O) groups is 2. The van der Waals surface area contributed by atoms with Gasteiger partial charge < -0.3 is 10.2 Å². The van der Waals surface area contributed by atoms with Gasteiger partial charge in [0.25, 0.3) is 0 Å². The molecule has 0 aliphatic carbocycles. The van der Waals surface area contributed by atoms with Crippen molar-refractivity contribution < 1.29 is 9.59 Å². The number of amides is 2. The molecule has 1 heterocycles. The van der Waals surface area contributed by atoms with Crippen molar-refractivity contribution in [2.45, 2.75) is 71.8 Å². The minimum atomic E-state index is 0.0478. The summed E-state index contributed by atoms with van der Waals surface area (Å²) in [5, 5.41) is 3.12. The van der Waals surface area contributed by atoms with Gasteiger partial charge in [0.05, 0.1) is 6.04 Å². The second-order valence-electron chi connectivity index (χ2n) is 8.21. The summed E-state index contributed by atoms with van der Waals surface area (Å²) >= 11 is 0. The Bertz CT molecular complexity index is 618. The van der Waals surface area contributed by atoms with E-state index in [1.165, 1.54) is 24.0 Å². The van der Waals surface area contributed by atoms with Crippen molar-refractivity contribution in [2.75, 3.05) is 32.7 Å². The summed E-state index contributed by atoms with van der Waals surface area (Å²) in [7, 11) is 0. The Morgan fingerprint density at radius 2 is 1.66 bits per heavy atom. The molecule has 1 aromatic rings. The molecule has 0 bridgehead atoms. The van der Waals surface area contributed by atoms with E-state index in [1.807, 2.05) is 4.90 Å². The third kappa shape index (κ3) is 7.81. The molecule has 29 heavy (non-hydrogen) atoms. The number of likely N-dealkylation sites (tertiary alicyclic amines) is 1. The van der Waals surface area contributed by atoms with Gasteiger partial charge in [0, 0.05) is 32.5 Å². The first-order valence-electron chi connectivity index (χ1n) is 11.4. The summed E-state index contributed by atoms with van der Waals surface area (Å²) in [6.45, 7) is 10.7. The van der Waals surface area contributed by atoms with Gasteiger partial charge in [0.15, 0.2) is 0 Å². The first-order chi connectivity index (χ1) is 14.0. The molecule has 1 aromatic carbocycles. The summed E-state index contributed by atoms with van der Waals surface area (Å²) in [6.07, 6.45) is 5.90. The van der Waals surface area contributed by atoms with Gasteiger partial charge in [-0.1, -0.05) is 43.7 Å². The van der Waals surface area contributed by atoms with E-state index >= 15 is 0 Å². The predicted molar refractivity (Wildman–Crippen MR) is 119 cm³/mol. The molecule has 5 nitrogen and oxygen atoms in total. The van der Waals surface area contributed by atoms with Gasteiger partial charge in [-0.15, -0.1) is 0 Å². The molecular formula is C24H39N3O2. The third-order valence-corrected chi connectivity index (χ3v) is 5.67. The van der Waals surface area contributed by atoms with Crippen molar-refractivity contribution in [3.63, 3.8) is 0 Å². The van der Waals surface area contributed by atoms with Crippen LogP contribution >= 0.6 is 0 Å². The number of aryl methyl sites for hydroxylation is 1. The number of carbonyl (C=O) groups excluding carboxylic acids is 2. The quantitative estimate of drug-likeness (QED) is 0.574. The predicted octanol–water partition coefficient (Wildman–Crippen LogP) is 4.07. The second-order valence-corrected chi connectivity index (χ2v) is 8.21. The van der Waals surface area contributed by atoms with Gasteiger partial charge in [-0.05, 0) is 57.7 Å². The highest BCUT2D eigenvalue weighted by Gasteiger charge is 2.24. The van der Waals surface area contributed by atoms with Gasteiger partial charge in [0.1, 0.15) is 0 Å². The number of hydrogen-bond acceptors (Lipinski definition) is 3. The molecule has 0 spiro atoms. The zero-order chi connectivity index (χ0) is 21.1. The van der Waals surface area contributed by atoms with Crippen LogP contribution < -0.4 is 5.32 Å². The Kier molecular flexibility index (Phi) is 10.2. The molecule has 0 saturated carbocycles. The number of nitrogens with zero attached hydrogens (tertiary/aromatic N) is 2. The molecule has 1 aliphatic rings. The highest BCUT2D eigenvalue weighted by Crippen LogP contribution is 2.25. The van der Waals surface area contributed by atoms with Crippen molar-refractivity contribution in [3.8, 4) is 0 Å². The van der Waals surface area contributed by atoms with Crippen LogP contribution in [-0.2, 0) is 9.59 Å². The molecule has 0 radical (unpaired) electrons. The van der Waals surface area contributed by atoms with Gasteiger partial charge in [0.2, 0.25) is 11.8 Å². The van der Waals surface area contributed by atoms with E-state index in [1.54, 1.807) is 0 Å². The Balaban J connectivity index is 1.80. The lowest BCUT2D eigenvalue weighted by Gasteiger charge is -2.28. The van der Waals surface area contributed by atoms with Gasteiger partial charge in [-0.2, -0.15) is 0 Å². The van der Waals surface area contributed by atoms with E-state index in [4.69, 9.17) is 0 Å². The van der Waals surface area contributed by atoms with Gasteiger partial charge in [-0.3, -0.25) is 14.5 Å². The Labute approximate surface area is 176 Å². The van der Waals surface area contributed by atoms with E-state index in [2.05, 4.69) is 55.3 Å². The van der Waals surface area contributed by atoms with Crippen molar-refractivity contribution in [1.82, 2.24) is 15.1 Å². The summed E-state index contributed by atoms with van der Waals surface area (Å²) in [5.74, 6) is 0.225. The fourth-order valence-electron chi connectivity index (χ4n) is 4.06. The fraction of sp³-hybridized carbons (Fsp3) is 0.667. The minimum absolute atomic E-state index is 0.0478. The summed E-state index contributed by atoms with van der Waals surface area (Å²) in [4.78, 5) is 29.1. The van der Waals surface area contributed by atoms with Crippen LogP contribution in [0.2, 0.25) is 0 Å². The van der Waals surface area contributed by atoms with E-state index in [-0.39, 0.29) is 17.9 Å². The highest BCUT2D eigenvalue weighted by atomic mass is 16.2. The van der Waals surface area contributed by atoms with E-state index in [0.717, 1.165) is 39.0 Å². The zero-order valence-electron chi connectivity index (χ0n) is 18.6. The Morgan fingerprint density at radius 3 is 2.24 bits per heavy atom. The molecule has 1 fully saturated rings. The Morgan fingerprint density at radius 1 is 1.03 bits per heavy atom. The average molecular weight is 402 g/mol. The van der Waals surface area contributed by atoms with Gasteiger partial charge >= 0.3 is 0 Å². The van der Waals surface area contributed by atoms with Crippen molar-refractivity contribution >= 4 is 11.8 Å². The molecule has 1 unspecified atom stereocenters. The second kappa shape index (κ2) is 12.6. The lowest BCUT2D eigenvalue weighted by Crippen LogP contribution is -2.37. The molecule has 2 rings (SSSR count). The summed E-state index contributed by atoms with van der Waals surface area (Å²) in [5.41, 5.74) is 2.52. The normalized spacial score (nSPS) is 15.3. The maximum absolute atomic E-state index is 12.4. The first kappa shape index (κ1) is 23.4. The largest absolute Gasteiger partial charge is 0.354 e. The van der Waals surface area contributed by atoms with Crippen molar-refractivity contribution in [2.24, 2.45) is 0 Å². The van der Waals surface area contributed by atoms with Crippen LogP contribution in [0, 0.1) is 6.92 Å². The van der Waals surface area contributed by atoms with Crippen LogP contribution in [0.1, 0.15) is 76.0 Å². The molecule has 162 valence electrons. The zero-order valence-corrected chi connectivity index (χ0v) is 18.6. The maximum Gasteiger partial charge on any atom is 0.222 e. The number of rotatable bonds is 12. The SMILES string of the molecule is CCCN(CCC)C(=O)CCCC(=O)NCC(c1ccc(C)cc1)N1CCCC1. The average Bonchev–Trinajstić information content (AvgIpc) is 3.23. The summed E-state index contributed by atoms with van der Waals surface area (Å²) in [6, 6.07) is 8.88. The van der Waals surface area contributed by atoms with Crippen LogP contribution in [0.4, 0.5) is 0 Å². The van der Waals surface area contributed by atoms with Crippen LogP contribution in [0.15, 0.2) is 24.3 Å². The molecule has 1 atom stereocenters. The standard InChI is InChI=1S/C24H39N3O2/c1-4-15-27(16-5-2)24(29)10-8-9-23(28)25-19-22(26-17-6-7-18-26)21-13-11-20(3)12-14-21/h11-14,22H,4-10,15-19H2,1-3H3,(H,25,28). The number of nitrogens with one attached hydrogen (secondary N) is 1. The van der Waals surface area contributed by atoms with Crippen LogP contribution in [0.5, 0.6) is 0 Å². The minimum Gasteiger partial charge on any atom is -0.354 e. The van der Waals surface area contributed by atoms with Crippen molar-refractivity contribution in [1.29, 1.82) is 0 Å². The summed E-state index contributed by atoms with van der Waals surface area (Å²) < 4.78 is 0. The molecule has 2 amide bonds. The lowest BCUT2D eigenvalue weighted by molar-refractivity contribution is -0.131. The molecular weight excluding hydrogens is 362 g/mol. The fourth-order valence-corrected chi connectivity index (χ4v) is 4.06. The molecule has 1 saturated heterocycles. The van der Waals surface area contributed by atoms with Crippen LogP contribution in [-0.4, -0.2) is 54.3 Å². The van der Waals surface area contributed by atoms with Crippen LogP contribution in [0.25, 0.3) is 0 Å². The van der Waals surface area contributed by atoms with E-state index in [0.29, 0.717) is 25.8 Å². The van der Waals surface area contributed by atoms with Crippen LogP contribution in [0.3, 0.4) is 0 Å². The van der Waals surface area contributed by atoms with Gasteiger partial charge in [-0.25, -0.2) is 0 Å². The first-order valence-corrected chi connectivity index (χ1v) is 11.4. The lowest BCUT2D eigenvalue weighted by atomic mass is 10.0.